The summed E-state index contributed by atoms with van der Waals surface area (Å²) < 4.78 is 5.13. The lowest BCUT2D eigenvalue weighted by atomic mass is 10.2. The quantitative estimate of drug-likeness (QED) is 0.738. The molecule has 24 heavy (non-hydrogen) atoms. The van der Waals surface area contributed by atoms with E-state index >= 15 is 0 Å². The number of aromatic nitrogens is 2. The minimum absolute atomic E-state index is 0.109. The zero-order valence-corrected chi connectivity index (χ0v) is 14.1. The van der Waals surface area contributed by atoms with E-state index in [1.54, 1.807) is 26.2 Å². The molecule has 0 bridgehead atoms. The number of amides is 1. The molecule has 0 fully saturated rings. The lowest BCUT2D eigenvalue weighted by Crippen LogP contribution is -2.09. The summed E-state index contributed by atoms with van der Waals surface area (Å²) in [7, 11) is 1.57. The Labute approximate surface area is 143 Å². The van der Waals surface area contributed by atoms with Crippen molar-refractivity contribution in [2.45, 2.75) is 6.92 Å². The smallest absolute Gasteiger partial charge is 0.265 e. The van der Waals surface area contributed by atoms with Crippen LogP contribution in [0, 0.1) is 6.92 Å². The van der Waals surface area contributed by atoms with Gasteiger partial charge in [0.25, 0.3) is 5.91 Å². The van der Waals surface area contributed by atoms with Crippen molar-refractivity contribution in [3.63, 3.8) is 0 Å². The van der Waals surface area contributed by atoms with Gasteiger partial charge in [-0.1, -0.05) is 6.07 Å². The highest BCUT2D eigenvalue weighted by molar-refractivity contribution is 7.12. The predicted molar refractivity (Wildman–Crippen MR) is 95.3 cm³/mol. The minimum atomic E-state index is -0.109. The van der Waals surface area contributed by atoms with Crippen LogP contribution in [0.4, 0.5) is 17.2 Å². The van der Waals surface area contributed by atoms with Crippen LogP contribution >= 0.6 is 11.3 Å². The first kappa shape index (κ1) is 15.9. The van der Waals surface area contributed by atoms with Crippen molar-refractivity contribution in [2.75, 3.05) is 17.7 Å². The lowest BCUT2D eigenvalue weighted by molar-refractivity contribution is 0.103. The molecule has 0 spiro atoms. The van der Waals surface area contributed by atoms with Crippen molar-refractivity contribution in [3.8, 4) is 5.88 Å². The Balaban J connectivity index is 1.68. The molecule has 0 radical (unpaired) electrons. The molecule has 0 aliphatic rings. The van der Waals surface area contributed by atoms with E-state index in [1.807, 2.05) is 35.7 Å². The van der Waals surface area contributed by atoms with Crippen LogP contribution in [-0.4, -0.2) is 23.0 Å². The molecule has 0 saturated carbocycles. The van der Waals surface area contributed by atoms with E-state index in [4.69, 9.17) is 4.74 Å². The molecule has 1 amide bonds. The number of aryl methyl sites for hydroxylation is 1. The van der Waals surface area contributed by atoms with Crippen molar-refractivity contribution in [1.82, 2.24) is 9.97 Å². The van der Waals surface area contributed by atoms with Gasteiger partial charge in [-0.2, -0.15) is 4.98 Å². The number of carbonyl (C=O) groups is 1. The van der Waals surface area contributed by atoms with Crippen LogP contribution in [-0.2, 0) is 0 Å². The van der Waals surface area contributed by atoms with Crippen LogP contribution in [0.25, 0.3) is 0 Å². The van der Waals surface area contributed by atoms with Crippen molar-refractivity contribution in [1.29, 1.82) is 0 Å². The van der Waals surface area contributed by atoms with Gasteiger partial charge in [-0.25, -0.2) is 4.98 Å². The maximum atomic E-state index is 12.0. The number of ether oxygens (including phenoxy) is 1. The molecule has 2 N–H and O–H groups in total. The van der Waals surface area contributed by atoms with E-state index in [0.29, 0.717) is 22.4 Å². The van der Waals surface area contributed by atoms with Crippen molar-refractivity contribution in [3.05, 3.63) is 58.5 Å². The van der Waals surface area contributed by atoms with E-state index in [-0.39, 0.29) is 5.91 Å². The van der Waals surface area contributed by atoms with Crippen molar-refractivity contribution >= 4 is 34.4 Å². The zero-order chi connectivity index (χ0) is 16.9. The zero-order valence-electron chi connectivity index (χ0n) is 13.2. The average molecular weight is 340 g/mol. The molecule has 3 aromatic rings. The Morgan fingerprint density at radius 2 is 1.88 bits per heavy atom. The van der Waals surface area contributed by atoms with Gasteiger partial charge in [-0.05, 0) is 42.6 Å². The van der Waals surface area contributed by atoms with Crippen molar-refractivity contribution < 1.29 is 9.53 Å². The normalized spacial score (nSPS) is 10.2. The van der Waals surface area contributed by atoms with E-state index < -0.39 is 0 Å². The van der Waals surface area contributed by atoms with E-state index in [2.05, 4.69) is 20.6 Å². The van der Waals surface area contributed by atoms with Gasteiger partial charge in [0.2, 0.25) is 5.88 Å². The molecule has 0 atom stereocenters. The van der Waals surface area contributed by atoms with Crippen molar-refractivity contribution in [2.24, 2.45) is 0 Å². The second kappa shape index (κ2) is 7.10. The summed E-state index contributed by atoms with van der Waals surface area (Å²) in [6.45, 7) is 1.80. The Morgan fingerprint density at radius 1 is 1.12 bits per heavy atom. The molecule has 2 heterocycles. The first-order valence-electron chi connectivity index (χ1n) is 7.25. The average Bonchev–Trinajstić information content (AvgIpc) is 3.11. The van der Waals surface area contributed by atoms with Gasteiger partial charge < -0.3 is 15.4 Å². The third-order valence-electron chi connectivity index (χ3n) is 3.18. The van der Waals surface area contributed by atoms with Gasteiger partial charge in [0.05, 0.1) is 12.0 Å². The summed E-state index contributed by atoms with van der Waals surface area (Å²) in [4.78, 5) is 21.1. The predicted octanol–water partition coefficient (Wildman–Crippen LogP) is 3.85. The number of anilines is 3. The molecule has 1 aromatic carbocycles. The SMILES string of the molecule is COc1cc(Nc2ccc(NC(=O)c3cccs3)cc2)nc(C)n1. The summed E-state index contributed by atoms with van der Waals surface area (Å²) in [6.07, 6.45) is 0. The Bertz CT molecular complexity index is 832. The number of methoxy groups -OCH3 is 1. The van der Waals surface area contributed by atoms with Crippen LogP contribution in [0.2, 0.25) is 0 Å². The van der Waals surface area contributed by atoms with E-state index in [0.717, 1.165) is 11.4 Å². The topological polar surface area (TPSA) is 76.1 Å². The summed E-state index contributed by atoms with van der Waals surface area (Å²) in [5.74, 6) is 1.66. The van der Waals surface area contributed by atoms with Gasteiger partial charge in [-0.15, -0.1) is 11.3 Å². The highest BCUT2D eigenvalue weighted by atomic mass is 32.1. The first-order chi connectivity index (χ1) is 11.6. The molecule has 2 aromatic heterocycles. The van der Waals surface area contributed by atoms with Gasteiger partial charge in [0.15, 0.2) is 0 Å². The summed E-state index contributed by atoms with van der Waals surface area (Å²) in [5, 5.41) is 7.92. The lowest BCUT2D eigenvalue weighted by Gasteiger charge is -2.09. The number of rotatable bonds is 5. The fraction of sp³-hybridized carbons (Fsp3) is 0.118. The summed E-state index contributed by atoms with van der Waals surface area (Å²) in [5.41, 5.74) is 1.58. The highest BCUT2D eigenvalue weighted by Crippen LogP contribution is 2.21. The number of benzene rings is 1. The number of carbonyl (C=O) groups excluding carboxylic acids is 1. The van der Waals surface area contributed by atoms with Crippen LogP contribution in [0.1, 0.15) is 15.5 Å². The largest absolute Gasteiger partial charge is 0.481 e. The Morgan fingerprint density at radius 3 is 2.54 bits per heavy atom. The minimum Gasteiger partial charge on any atom is -0.481 e. The van der Waals surface area contributed by atoms with Crippen LogP contribution in [0.5, 0.6) is 5.88 Å². The maximum Gasteiger partial charge on any atom is 0.265 e. The molecule has 0 aliphatic heterocycles. The number of thiophene rings is 1. The first-order valence-corrected chi connectivity index (χ1v) is 8.13. The van der Waals surface area contributed by atoms with Gasteiger partial charge in [0, 0.05) is 17.4 Å². The number of hydrogen-bond acceptors (Lipinski definition) is 6. The van der Waals surface area contributed by atoms with E-state index in [1.165, 1.54) is 11.3 Å². The van der Waals surface area contributed by atoms with Gasteiger partial charge in [0.1, 0.15) is 11.6 Å². The third-order valence-corrected chi connectivity index (χ3v) is 4.05. The molecule has 0 unspecified atom stereocenters. The Kier molecular flexibility index (Phi) is 4.72. The molecular weight excluding hydrogens is 324 g/mol. The molecule has 7 heteroatoms. The molecular formula is C17H16N4O2S. The molecule has 0 saturated heterocycles. The fourth-order valence-corrected chi connectivity index (χ4v) is 2.71. The molecule has 6 nitrogen and oxygen atoms in total. The van der Waals surface area contributed by atoms with Gasteiger partial charge >= 0.3 is 0 Å². The standard InChI is InChI=1S/C17H16N4O2S/c1-11-18-15(10-16(19-11)23-2)20-12-5-7-13(8-6-12)21-17(22)14-4-3-9-24-14/h3-10H,1-2H3,(H,21,22)(H,18,19,20). The molecule has 3 rings (SSSR count). The number of nitrogens with one attached hydrogen (secondary N) is 2. The Hall–Kier alpha value is -2.93. The summed E-state index contributed by atoms with van der Waals surface area (Å²) in [6, 6.07) is 12.8. The van der Waals surface area contributed by atoms with Gasteiger partial charge in [-0.3, -0.25) is 4.79 Å². The van der Waals surface area contributed by atoms with E-state index in [9.17, 15) is 4.79 Å². The van der Waals surface area contributed by atoms with Crippen LogP contribution in [0.15, 0.2) is 47.8 Å². The fourth-order valence-electron chi connectivity index (χ4n) is 2.09. The third kappa shape index (κ3) is 3.88. The summed E-state index contributed by atoms with van der Waals surface area (Å²) >= 11 is 1.41. The van der Waals surface area contributed by atoms with Crippen LogP contribution in [0.3, 0.4) is 0 Å². The number of nitrogens with zero attached hydrogens (tertiary/aromatic N) is 2. The second-order valence-electron chi connectivity index (χ2n) is 4.98. The number of hydrogen-bond donors (Lipinski definition) is 2. The highest BCUT2D eigenvalue weighted by Gasteiger charge is 2.07. The molecule has 0 aliphatic carbocycles. The molecule has 122 valence electrons. The maximum absolute atomic E-state index is 12.0. The monoisotopic (exact) mass is 340 g/mol. The van der Waals surface area contributed by atoms with Crippen LogP contribution < -0.4 is 15.4 Å². The second-order valence-corrected chi connectivity index (χ2v) is 5.92.